The van der Waals surface area contributed by atoms with Crippen LogP contribution >= 0.6 is 0 Å². The molecule has 1 N–H and O–H groups in total. The number of benzene rings is 2. The van der Waals surface area contributed by atoms with Crippen LogP contribution in [0.5, 0.6) is 0 Å². The number of alkyl halides is 3. The van der Waals surface area contributed by atoms with Crippen molar-refractivity contribution in [1.29, 1.82) is 0 Å². The normalized spacial score (nSPS) is 16.1. The van der Waals surface area contributed by atoms with Gasteiger partial charge in [0.1, 0.15) is 0 Å². The van der Waals surface area contributed by atoms with Gasteiger partial charge < -0.3 is 14.6 Å². The van der Waals surface area contributed by atoms with Crippen LogP contribution in [0.25, 0.3) is 0 Å². The lowest BCUT2D eigenvalue weighted by Crippen LogP contribution is -2.37. The molecule has 0 aromatic heterocycles. The number of hydrogen-bond acceptors (Lipinski definition) is 3. The van der Waals surface area contributed by atoms with Crippen LogP contribution in [0, 0.1) is 0 Å². The Kier molecular flexibility index (Phi) is 4.93. The van der Waals surface area contributed by atoms with Crippen LogP contribution < -0.4 is 5.46 Å². The van der Waals surface area contributed by atoms with Gasteiger partial charge in [0.05, 0.1) is 12.2 Å². The Balaban J connectivity index is 1.42. The number of aryl methyl sites for hydroxylation is 1. The first-order valence-electron chi connectivity index (χ1n) is 9.20. The third-order valence-electron chi connectivity index (χ3n) is 5.44. The van der Waals surface area contributed by atoms with E-state index in [1.54, 1.807) is 4.90 Å². The highest BCUT2D eigenvalue weighted by molar-refractivity contribution is 6.62. The maximum atomic E-state index is 12.9. The molecule has 28 heavy (non-hydrogen) atoms. The van der Waals surface area contributed by atoms with Crippen molar-refractivity contribution in [2.45, 2.75) is 38.6 Å². The second-order valence-corrected chi connectivity index (χ2v) is 7.20. The minimum absolute atomic E-state index is 0.0449. The summed E-state index contributed by atoms with van der Waals surface area (Å²) in [6, 6.07) is 9.39. The summed E-state index contributed by atoms with van der Waals surface area (Å²) in [6.45, 7) is 1.10. The summed E-state index contributed by atoms with van der Waals surface area (Å²) < 4.78 is 43.8. The SMILES string of the molecule is O=C(CCc1cccc2c1B(O)OC2)N1CCc2cc(C(F)(F)F)ccc2C1. The van der Waals surface area contributed by atoms with Crippen LogP contribution in [0.15, 0.2) is 36.4 Å². The summed E-state index contributed by atoms with van der Waals surface area (Å²) >= 11 is 0. The largest absolute Gasteiger partial charge is 0.492 e. The molecule has 2 aromatic carbocycles. The highest BCUT2D eigenvalue weighted by Crippen LogP contribution is 2.32. The second-order valence-electron chi connectivity index (χ2n) is 7.20. The zero-order valence-electron chi connectivity index (χ0n) is 15.1. The molecule has 2 aliphatic heterocycles. The van der Waals surface area contributed by atoms with Gasteiger partial charge in [-0.2, -0.15) is 13.2 Å². The summed E-state index contributed by atoms with van der Waals surface area (Å²) in [7, 11) is -0.953. The predicted molar refractivity (Wildman–Crippen MR) is 97.7 cm³/mol. The Morgan fingerprint density at radius 1 is 1.18 bits per heavy atom. The van der Waals surface area contributed by atoms with Crippen molar-refractivity contribution >= 4 is 18.5 Å². The summed E-state index contributed by atoms with van der Waals surface area (Å²) in [5, 5.41) is 9.97. The Morgan fingerprint density at radius 3 is 2.79 bits per heavy atom. The number of carbonyl (C=O) groups excluding carboxylic acids is 1. The van der Waals surface area contributed by atoms with Crippen LogP contribution in [0.4, 0.5) is 13.2 Å². The Labute approximate surface area is 161 Å². The van der Waals surface area contributed by atoms with Gasteiger partial charge in [0, 0.05) is 19.5 Å². The molecule has 0 bridgehead atoms. The molecule has 0 atom stereocenters. The van der Waals surface area contributed by atoms with E-state index in [1.165, 1.54) is 12.1 Å². The molecule has 0 spiro atoms. The molecule has 4 nitrogen and oxygen atoms in total. The van der Waals surface area contributed by atoms with Crippen molar-refractivity contribution in [3.63, 3.8) is 0 Å². The van der Waals surface area contributed by atoms with E-state index in [0.29, 0.717) is 38.1 Å². The fourth-order valence-electron chi connectivity index (χ4n) is 3.92. The van der Waals surface area contributed by atoms with E-state index >= 15 is 0 Å². The monoisotopic (exact) mass is 389 g/mol. The molecule has 2 aliphatic rings. The maximum absolute atomic E-state index is 12.9. The molecular weight excluding hydrogens is 370 g/mol. The van der Waals surface area contributed by atoms with Gasteiger partial charge in [0.15, 0.2) is 0 Å². The number of fused-ring (bicyclic) bond motifs is 2. The third kappa shape index (κ3) is 3.66. The van der Waals surface area contributed by atoms with Crippen molar-refractivity contribution in [1.82, 2.24) is 4.90 Å². The summed E-state index contributed by atoms with van der Waals surface area (Å²) in [4.78, 5) is 14.3. The summed E-state index contributed by atoms with van der Waals surface area (Å²) in [6.07, 6.45) is -3.18. The molecule has 8 heteroatoms. The van der Waals surface area contributed by atoms with E-state index in [1.807, 2.05) is 18.2 Å². The number of nitrogens with zero attached hydrogens (tertiary/aromatic N) is 1. The fourth-order valence-corrected chi connectivity index (χ4v) is 3.92. The van der Waals surface area contributed by atoms with E-state index < -0.39 is 18.9 Å². The fraction of sp³-hybridized carbons (Fsp3) is 0.350. The number of hydrogen-bond donors (Lipinski definition) is 1. The van der Waals surface area contributed by atoms with Crippen LogP contribution in [-0.4, -0.2) is 29.5 Å². The molecule has 4 rings (SSSR count). The van der Waals surface area contributed by atoms with Crippen LogP contribution in [0.1, 0.15) is 34.2 Å². The summed E-state index contributed by atoms with van der Waals surface area (Å²) in [5.41, 5.74) is 3.34. The zero-order valence-corrected chi connectivity index (χ0v) is 15.1. The van der Waals surface area contributed by atoms with E-state index in [0.717, 1.165) is 28.2 Å². The number of amides is 1. The number of halogens is 3. The van der Waals surface area contributed by atoms with E-state index in [9.17, 15) is 23.0 Å². The van der Waals surface area contributed by atoms with Crippen LogP contribution in [0.3, 0.4) is 0 Å². The molecule has 0 saturated carbocycles. The Hall–Kier alpha value is -2.32. The van der Waals surface area contributed by atoms with Gasteiger partial charge >= 0.3 is 13.3 Å². The quantitative estimate of drug-likeness (QED) is 0.821. The van der Waals surface area contributed by atoms with Crippen molar-refractivity contribution in [2.75, 3.05) is 6.54 Å². The van der Waals surface area contributed by atoms with Gasteiger partial charge in [0.2, 0.25) is 5.91 Å². The van der Waals surface area contributed by atoms with Gasteiger partial charge in [0.25, 0.3) is 0 Å². The standard InChI is InChI=1S/C20H19BF3NO3/c22-20(23,24)17-6-4-15-11-25(9-8-14(15)10-17)18(26)7-5-13-2-1-3-16-12-28-21(27)19(13)16/h1-4,6,10,27H,5,7-9,11-12H2. The van der Waals surface area contributed by atoms with Crippen molar-refractivity contribution in [3.8, 4) is 0 Å². The molecule has 0 fully saturated rings. The molecule has 2 aromatic rings. The van der Waals surface area contributed by atoms with E-state index in [4.69, 9.17) is 4.65 Å². The lowest BCUT2D eigenvalue weighted by atomic mass is 9.75. The van der Waals surface area contributed by atoms with Crippen LogP contribution in [0.2, 0.25) is 0 Å². The highest BCUT2D eigenvalue weighted by atomic mass is 19.4. The first-order valence-corrected chi connectivity index (χ1v) is 9.20. The van der Waals surface area contributed by atoms with Gasteiger partial charge in [-0.25, -0.2) is 0 Å². The predicted octanol–water partition coefficient (Wildman–Crippen LogP) is 2.44. The average Bonchev–Trinajstić information content (AvgIpc) is 3.06. The van der Waals surface area contributed by atoms with Gasteiger partial charge in [-0.15, -0.1) is 0 Å². The third-order valence-corrected chi connectivity index (χ3v) is 5.44. The second kappa shape index (κ2) is 7.26. The van der Waals surface area contributed by atoms with E-state index in [2.05, 4.69) is 0 Å². The molecule has 0 radical (unpaired) electrons. The molecule has 2 heterocycles. The molecule has 146 valence electrons. The lowest BCUT2D eigenvalue weighted by molar-refractivity contribution is -0.138. The lowest BCUT2D eigenvalue weighted by Gasteiger charge is -2.29. The van der Waals surface area contributed by atoms with Gasteiger partial charge in [-0.05, 0) is 52.7 Å². The van der Waals surface area contributed by atoms with Crippen molar-refractivity contribution < 1.29 is 27.6 Å². The van der Waals surface area contributed by atoms with E-state index in [-0.39, 0.29) is 12.3 Å². The van der Waals surface area contributed by atoms with Crippen molar-refractivity contribution in [2.24, 2.45) is 0 Å². The van der Waals surface area contributed by atoms with Gasteiger partial charge in [-0.1, -0.05) is 24.3 Å². The minimum Gasteiger partial charge on any atom is -0.423 e. The number of carbonyl (C=O) groups is 1. The minimum atomic E-state index is -4.35. The zero-order chi connectivity index (χ0) is 19.9. The first-order chi connectivity index (χ1) is 13.3. The Morgan fingerprint density at radius 2 is 2.00 bits per heavy atom. The maximum Gasteiger partial charge on any atom is 0.492 e. The average molecular weight is 389 g/mol. The topological polar surface area (TPSA) is 49.8 Å². The molecular formula is C20H19BF3NO3. The Bertz CT molecular complexity index is 916. The highest BCUT2D eigenvalue weighted by Gasteiger charge is 2.32. The molecule has 0 unspecified atom stereocenters. The molecule has 0 saturated heterocycles. The smallest absolute Gasteiger partial charge is 0.423 e. The van der Waals surface area contributed by atoms with Crippen LogP contribution in [-0.2, 0) is 41.6 Å². The molecule has 1 amide bonds. The van der Waals surface area contributed by atoms with Gasteiger partial charge in [-0.3, -0.25) is 4.79 Å². The van der Waals surface area contributed by atoms with Crippen molar-refractivity contribution in [3.05, 3.63) is 64.2 Å². The molecule has 0 aliphatic carbocycles. The number of rotatable bonds is 3. The first kappa shape index (κ1) is 19.0. The summed E-state index contributed by atoms with van der Waals surface area (Å²) in [5.74, 6) is -0.0449.